The van der Waals surface area contributed by atoms with E-state index in [1.807, 2.05) is 26.0 Å². The third kappa shape index (κ3) is 2.86. The van der Waals surface area contributed by atoms with Crippen LogP contribution >= 0.6 is 0 Å². The summed E-state index contributed by atoms with van der Waals surface area (Å²) in [6.45, 7) is 6.19. The van der Waals surface area contributed by atoms with Crippen LogP contribution in [0.1, 0.15) is 38.3 Å². The molecule has 0 aliphatic carbocycles. The van der Waals surface area contributed by atoms with Crippen molar-refractivity contribution in [1.29, 1.82) is 0 Å². The summed E-state index contributed by atoms with van der Waals surface area (Å²) in [4.78, 5) is 0. The fraction of sp³-hybridized carbons (Fsp3) is 0.636. The quantitative estimate of drug-likeness (QED) is 0.757. The molecule has 0 fully saturated rings. The zero-order valence-corrected chi connectivity index (χ0v) is 9.08. The van der Waals surface area contributed by atoms with Crippen LogP contribution in [-0.4, -0.2) is 17.8 Å². The number of hydrogen-bond donors (Lipinski definition) is 2. The lowest BCUT2D eigenvalue weighted by Crippen LogP contribution is -2.31. The SMILES string of the molecule is CCc1ccc(C(C)N[C@@H](C)CO)o1. The average molecular weight is 197 g/mol. The smallest absolute Gasteiger partial charge is 0.120 e. The standard InChI is InChI=1S/C11H19NO2/c1-4-10-5-6-11(14-10)9(3)12-8(2)7-13/h5-6,8-9,12-13H,4,7H2,1-3H3/t8-,9?/m0/s1. The lowest BCUT2D eigenvalue weighted by Gasteiger charge is -2.16. The van der Waals surface area contributed by atoms with Crippen LogP contribution < -0.4 is 5.32 Å². The summed E-state index contributed by atoms with van der Waals surface area (Å²) in [6.07, 6.45) is 0.919. The molecule has 0 amide bonds. The van der Waals surface area contributed by atoms with Crippen molar-refractivity contribution in [3.8, 4) is 0 Å². The van der Waals surface area contributed by atoms with Gasteiger partial charge in [0.05, 0.1) is 12.6 Å². The summed E-state index contributed by atoms with van der Waals surface area (Å²) in [5, 5.41) is 12.1. The van der Waals surface area contributed by atoms with E-state index in [2.05, 4.69) is 12.2 Å². The van der Waals surface area contributed by atoms with Crippen LogP contribution in [0.5, 0.6) is 0 Å². The molecule has 0 spiro atoms. The van der Waals surface area contributed by atoms with Gasteiger partial charge in [0.25, 0.3) is 0 Å². The molecule has 0 aliphatic heterocycles. The summed E-state index contributed by atoms with van der Waals surface area (Å²) in [6, 6.07) is 4.23. The molecule has 1 aromatic heterocycles. The van der Waals surface area contributed by atoms with Gasteiger partial charge in [0.2, 0.25) is 0 Å². The van der Waals surface area contributed by atoms with Gasteiger partial charge in [-0.2, -0.15) is 0 Å². The lowest BCUT2D eigenvalue weighted by molar-refractivity contribution is 0.237. The molecule has 2 N–H and O–H groups in total. The first-order chi connectivity index (χ1) is 6.67. The van der Waals surface area contributed by atoms with Gasteiger partial charge in [-0.1, -0.05) is 6.92 Å². The van der Waals surface area contributed by atoms with Gasteiger partial charge in [0.1, 0.15) is 11.5 Å². The normalized spacial score (nSPS) is 15.4. The van der Waals surface area contributed by atoms with E-state index in [1.54, 1.807) is 0 Å². The van der Waals surface area contributed by atoms with Crippen LogP contribution in [0.25, 0.3) is 0 Å². The minimum Gasteiger partial charge on any atom is -0.464 e. The van der Waals surface area contributed by atoms with Crippen molar-refractivity contribution in [2.24, 2.45) is 0 Å². The van der Waals surface area contributed by atoms with Crippen LogP contribution in [0.2, 0.25) is 0 Å². The predicted octanol–water partition coefficient (Wildman–Crippen LogP) is 1.87. The molecule has 80 valence electrons. The summed E-state index contributed by atoms with van der Waals surface area (Å²) in [5.41, 5.74) is 0. The maximum absolute atomic E-state index is 8.89. The van der Waals surface area contributed by atoms with Crippen molar-refractivity contribution in [3.05, 3.63) is 23.7 Å². The molecule has 1 rings (SSSR count). The van der Waals surface area contributed by atoms with E-state index in [-0.39, 0.29) is 18.7 Å². The third-order valence-corrected chi connectivity index (χ3v) is 2.27. The fourth-order valence-electron chi connectivity index (χ4n) is 1.38. The highest BCUT2D eigenvalue weighted by molar-refractivity contribution is 5.10. The van der Waals surface area contributed by atoms with Crippen molar-refractivity contribution < 1.29 is 9.52 Å². The highest BCUT2D eigenvalue weighted by Crippen LogP contribution is 2.16. The molecule has 14 heavy (non-hydrogen) atoms. The van der Waals surface area contributed by atoms with Gasteiger partial charge in [-0.05, 0) is 26.0 Å². The number of aliphatic hydroxyl groups is 1. The molecule has 1 heterocycles. The van der Waals surface area contributed by atoms with Crippen LogP contribution in [-0.2, 0) is 6.42 Å². The number of nitrogens with one attached hydrogen (secondary N) is 1. The zero-order valence-electron chi connectivity index (χ0n) is 9.08. The van der Waals surface area contributed by atoms with E-state index in [4.69, 9.17) is 9.52 Å². The minimum atomic E-state index is 0.0974. The van der Waals surface area contributed by atoms with E-state index in [0.29, 0.717) is 0 Å². The van der Waals surface area contributed by atoms with Crippen LogP contribution in [0.4, 0.5) is 0 Å². The first-order valence-corrected chi connectivity index (χ1v) is 5.12. The second-order valence-electron chi connectivity index (χ2n) is 3.63. The van der Waals surface area contributed by atoms with Gasteiger partial charge in [0.15, 0.2) is 0 Å². The molecule has 0 aliphatic rings. The molecule has 0 saturated carbocycles. The first kappa shape index (κ1) is 11.3. The summed E-state index contributed by atoms with van der Waals surface area (Å²) >= 11 is 0. The van der Waals surface area contributed by atoms with Gasteiger partial charge < -0.3 is 14.8 Å². The number of aliphatic hydroxyl groups excluding tert-OH is 1. The number of furan rings is 1. The maximum atomic E-state index is 8.89. The van der Waals surface area contributed by atoms with Crippen LogP contribution in [0, 0.1) is 0 Å². The van der Waals surface area contributed by atoms with E-state index in [1.165, 1.54) is 0 Å². The highest BCUT2D eigenvalue weighted by atomic mass is 16.3. The Bertz CT molecular complexity index is 270. The minimum absolute atomic E-state index is 0.0974. The monoisotopic (exact) mass is 197 g/mol. The van der Waals surface area contributed by atoms with Crippen molar-refractivity contribution >= 4 is 0 Å². The zero-order chi connectivity index (χ0) is 10.6. The van der Waals surface area contributed by atoms with Crippen molar-refractivity contribution in [2.75, 3.05) is 6.61 Å². The van der Waals surface area contributed by atoms with Crippen LogP contribution in [0.15, 0.2) is 16.5 Å². The number of aryl methyl sites for hydroxylation is 1. The maximum Gasteiger partial charge on any atom is 0.120 e. The lowest BCUT2D eigenvalue weighted by atomic mass is 10.2. The van der Waals surface area contributed by atoms with Gasteiger partial charge in [0, 0.05) is 12.5 Å². The van der Waals surface area contributed by atoms with Crippen molar-refractivity contribution in [3.63, 3.8) is 0 Å². The second-order valence-corrected chi connectivity index (χ2v) is 3.63. The summed E-state index contributed by atoms with van der Waals surface area (Å²) < 4.78 is 5.60. The molecular weight excluding hydrogens is 178 g/mol. The predicted molar refractivity (Wildman–Crippen MR) is 56.2 cm³/mol. The molecule has 0 saturated heterocycles. The number of rotatable bonds is 5. The molecule has 0 radical (unpaired) electrons. The van der Waals surface area contributed by atoms with Gasteiger partial charge in [-0.15, -0.1) is 0 Å². The Morgan fingerprint density at radius 2 is 2.14 bits per heavy atom. The number of hydrogen-bond acceptors (Lipinski definition) is 3. The van der Waals surface area contributed by atoms with E-state index < -0.39 is 0 Å². The summed E-state index contributed by atoms with van der Waals surface area (Å²) in [5.74, 6) is 1.94. The molecule has 1 unspecified atom stereocenters. The van der Waals surface area contributed by atoms with E-state index in [0.717, 1.165) is 17.9 Å². The van der Waals surface area contributed by atoms with E-state index >= 15 is 0 Å². The average Bonchev–Trinajstić information content (AvgIpc) is 2.65. The summed E-state index contributed by atoms with van der Waals surface area (Å²) in [7, 11) is 0. The van der Waals surface area contributed by atoms with Crippen molar-refractivity contribution in [1.82, 2.24) is 5.32 Å². The largest absolute Gasteiger partial charge is 0.464 e. The van der Waals surface area contributed by atoms with Gasteiger partial charge in [-0.3, -0.25) is 0 Å². The molecule has 3 nitrogen and oxygen atoms in total. The van der Waals surface area contributed by atoms with Gasteiger partial charge in [-0.25, -0.2) is 0 Å². The molecule has 0 aromatic carbocycles. The Balaban J connectivity index is 2.55. The Morgan fingerprint density at radius 3 is 2.64 bits per heavy atom. The molecule has 3 heteroatoms. The third-order valence-electron chi connectivity index (χ3n) is 2.27. The topological polar surface area (TPSA) is 45.4 Å². The Hall–Kier alpha value is -0.800. The Labute approximate surface area is 85.1 Å². The van der Waals surface area contributed by atoms with E-state index in [9.17, 15) is 0 Å². The molecule has 2 atom stereocenters. The second kappa shape index (κ2) is 5.17. The van der Waals surface area contributed by atoms with Gasteiger partial charge >= 0.3 is 0 Å². The Morgan fingerprint density at radius 1 is 1.43 bits per heavy atom. The van der Waals surface area contributed by atoms with Crippen LogP contribution in [0.3, 0.4) is 0 Å². The highest BCUT2D eigenvalue weighted by Gasteiger charge is 2.11. The molecule has 0 bridgehead atoms. The van der Waals surface area contributed by atoms with Crippen molar-refractivity contribution in [2.45, 2.75) is 39.3 Å². The molecular formula is C11H19NO2. The molecule has 1 aromatic rings. The first-order valence-electron chi connectivity index (χ1n) is 5.12. The Kier molecular flexibility index (Phi) is 4.17. The fourth-order valence-corrected chi connectivity index (χ4v) is 1.38.